The van der Waals surface area contributed by atoms with Crippen LogP contribution in [0.3, 0.4) is 0 Å². The second-order valence-electron chi connectivity index (χ2n) is 19.9. The van der Waals surface area contributed by atoms with Crippen molar-refractivity contribution in [3.05, 3.63) is 30.1 Å². The summed E-state index contributed by atoms with van der Waals surface area (Å²) in [5.74, 6) is -0.747. The lowest BCUT2D eigenvalue weighted by molar-refractivity contribution is -0.138. The van der Waals surface area contributed by atoms with Gasteiger partial charge in [0.1, 0.15) is 23.9 Å². The Labute approximate surface area is 402 Å². The zero-order chi connectivity index (χ0) is 49.4. The second-order valence-corrected chi connectivity index (χ2v) is 19.9. The third-order valence-electron chi connectivity index (χ3n) is 15.8. The largest absolute Gasteiger partial charge is 0.340 e. The van der Waals surface area contributed by atoms with Crippen molar-refractivity contribution in [2.75, 3.05) is 77.9 Å². The van der Waals surface area contributed by atoms with Crippen LogP contribution >= 0.6 is 0 Å². The fourth-order valence-corrected chi connectivity index (χ4v) is 12.0. The Hall–Kier alpha value is -5.80. The minimum absolute atomic E-state index is 0.0368. The van der Waals surface area contributed by atoms with Crippen LogP contribution < -0.4 is 22.1 Å². The number of nitrogens with two attached hydrogens (primary N) is 3. The number of nitrogens with zero attached hydrogens (tertiary/aromatic N) is 12. The molecule has 0 aromatic heterocycles. The van der Waals surface area contributed by atoms with E-state index in [0.29, 0.717) is 57.8 Å². The van der Waals surface area contributed by atoms with Gasteiger partial charge < -0.3 is 46.6 Å². The van der Waals surface area contributed by atoms with Crippen LogP contribution in [0.2, 0.25) is 0 Å². The number of amides is 6. The lowest BCUT2D eigenvalue weighted by Crippen LogP contribution is -2.56. The Morgan fingerprint density at radius 3 is 1.30 bits per heavy atom. The van der Waals surface area contributed by atoms with Gasteiger partial charge in [0.15, 0.2) is 0 Å². The number of halogens is 1. The Morgan fingerprint density at radius 2 is 0.971 bits per heavy atom. The van der Waals surface area contributed by atoms with Crippen molar-refractivity contribution < 1.29 is 33.2 Å². The molecule has 0 radical (unpaired) electrons. The van der Waals surface area contributed by atoms with Crippen molar-refractivity contribution in [3.8, 4) is 18.2 Å². The minimum atomic E-state index is -0.756. The Morgan fingerprint density at radius 1 is 0.609 bits per heavy atom. The molecule has 370 valence electrons. The predicted molar refractivity (Wildman–Crippen MR) is 246 cm³/mol. The van der Waals surface area contributed by atoms with Crippen molar-refractivity contribution >= 4 is 41.1 Å². The molecule has 9 aliphatic rings. The van der Waals surface area contributed by atoms with Gasteiger partial charge in [0, 0.05) is 90.8 Å². The van der Waals surface area contributed by atoms with Crippen LogP contribution in [0.4, 0.5) is 10.1 Å². The Kier molecular flexibility index (Phi) is 14.9. The molecule has 9 aliphatic heterocycles. The first-order chi connectivity index (χ1) is 33.0. The highest BCUT2D eigenvalue weighted by Crippen LogP contribution is 2.36. The number of piperazine rings is 3. The highest BCUT2D eigenvalue weighted by Gasteiger charge is 2.52. The third-order valence-corrected chi connectivity index (χ3v) is 15.8. The molecule has 10 rings (SSSR count). The molecule has 21 nitrogen and oxygen atoms in total. The van der Waals surface area contributed by atoms with Crippen molar-refractivity contribution in [1.29, 1.82) is 15.8 Å². The number of carbonyl (C=O) groups is 6. The number of likely N-dealkylation sites (tertiary alicyclic amines) is 8. The van der Waals surface area contributed by atoms with Gasteiger partial charge in [0.2, 0.25) is 35.4 Å². The van der Waals surface area contributed by atoms with Crippen molar-refractivity contribution in [2.24, 2.45) is 17.2 Å². The Bertz CT molecular complexity index is 2210. The topological polar surface area (TPSA) is 281 Å². The fraction of sp³-hybridized carbons (Fsp3) is 0.681. The van der Waals surface area contributed by atoms with Crippen LogP contribution in [0.1, 0.15) is 57.8 Å². The molecule has 6 amide bonds. The molecule has 0 saturated carbocycles. The number of anilines is 1. The van der Waals surface area contributed by atoms with Crippen molar-refractivity contribution in [3.63, 3.8) is 0 Å². The smallest absolute Gasteiger partial charge is 0.244 e. The average Bonchev–Trinajstić information content (AvgIpc) is 4.21. The Balaban J connectivity index is 0.000000141. The van der Waals surface area contributed by atoms with Crippen LogP contribution in [0.15, 0.2) is 24.3 Å². The average molecular weight is 954 g/mol. The van der Waals surface area contributed by atoms with Crippen LogP contribution in [0.5, 0.6) is 0 Å². The molecule has 69 heavy (non-hydrogen) atoms. The molecule has 0 aliphatic carbocycles. The summed E-state index contributed by atoms with van der Waals surface area (Å²) in [7, 11) is 3.66. The number of hydrogen-bond donors (Lipinski definition) is 3. The molecule has 12 atom stereocenters. The van der Waals surface area contributed by atoms with E-state index in [1.165, 1.54) is 12.1 Å². The standard InChI is InChI=1S/C19H22FN5O2.2C14H21N5O2/c20-12-3-1-4-13(7-12)25-15-8-17(19(25)27)23(10-15)11-16(22)18(26)24-6-2-5-14(24)9-21;2*1-17-10-5-12(14(17)21)18(7-10)8-11(16)13(20)19-4-2-3-9(19)6-15/h1,3-4,7,14-17H,2,5-6,8,10-11,22H2;2*9-12H,2-5,7-8,16H2,1H3/t14-,15?,16-,17-;2*9-,10?,11-,12-/m000/s1. The maximum Gasteiger partial charge on any atom is 0.244 e. The van der Waals surface area contributed by atoms with E-state index < -0.39 is 24.2 Å². The van der Waals surface area contributed by atoms with Gasteiger partial charge in [-0.05, 0) is 76.0 Å². The lowest BCUT2D eigenvalue weighted by Gasteiger charge is -2.35. The number of carbonyl (C=O) groups excluding carboxylic acids is 6. The summed E-state index contributed by atoms with van der Waals surface area (Å²) in [6.07, 6.45) is 6.99. The SMILES string of the molecule is CN1C(=O)[C@@H]2CC1CN2C[C@H](N)C(=O)N1CCC[C@H]1C#N.CN1C(=O)[C@@H]2CC1CN2C[C@H](N)C(=O)N1CCC[C@H]1C#N.N#C[C@@H]1CCCN1C(=O)[C@@H](N)CN1CC2C[C@H]1C(=O)N2c1cccc(F)c1. The van der Waals surface area contributed by atoms with E-state index in [0.717, 1.165) is 58.0 Å². The quantitative estimate of drug-likeness (QED) is 0.228. The summed E-state index contributed by atoms with van der Waals surface area (Å²) in [5.41, 5.74) is 18.8. The number of fused-ring (bicyclic) bond motifs is 6. The second kappa shape index (κ2) is 20.7. The predicted octanol–water partition coefficient (Wildman–Crippen LogP) is -2.06. The molecule has 3 unspecified atom stereocenters. The molecule has 0 spiro atoms. The molecular weight excluding hydrogens is 890 g/mol. The summed E-state index contributed by atoms with van der Waals surface area (Å²) >= 11 is 0. The van der Waals surface area contributed by atoms with E-state index in [-0.39, 0.29) is 96.1 Å². The van der Waals surface area contributed by atoms with E-state index in [2.05, 4.69) is 18.2 Å². The molecule has 1 aromatic carbocycles. The molecule has 1 aromatic rings. The zero-order valence-electron chi connectivity index (χ0n) is 39.4. The molecule has 6 bridgehead atoms. The number of benzene rings is 1. The van der Waals surface area contributed by atoms with Crippen molar-refractivity contribution in [2.45, 2.75) is 130 Å². The number of hydrogen-bond acceptors (Lipinski definition) is 15. The summed E-state index contributed by atoms with van der Waals surface area (Å²) < 4.78 is 13.5. The van der Waals surface area contributed by atoms with E-state index in [1.54, 1.807) is 41.5 Å². The number of nitriles is 3. The third kappa shape index (κ3) is 9.73. The van der Waals surface area contributed by atoms with Gasteiger partial charge in [0.25, 0.3) is 0 Å². The first-order valence-corrected chi connectivity index (χ1v) is 24.3. The first-order valence-electron chi connectivity index (χ1n) is 24.3. The minimum Gasteiger partial charge on any atom is -0.340 e. The van der Waals surface area contributed by atoms with Gasteiger partial charge in [-0.3, -0.25) is 43.5 Å². The van der Waals surface area contributed by atoms with E-state index in [9.17, 15) is 33.2 Å². The first kappa shape index (κ1) is 49.6. The molecule has 9 fully saturated rings. The molecule has 9 heterocycles. The van der Waals surface area contributed by atoms with E-state index in [4.69, 9.17) is 33.0 Å². The molecule has 9 saturated heterocycles. The van der Waals surface area contributed by atoms with E-state index >= 15 is 0 Å². The van der Waals surface area contributed by atoms with Gasteiger partial charge >= 0.3 is 0 Å². The number of rotatable bonds is 10. The molecular formula is C47H64FN15O6. The van der Waals surface area contributed by atoms with Crippen LogP contribution in [0.25, 0.3) is 0 Å². The molecule has 22 heteroatoms. The van der Waals surface area contributed by atoms with Gasteiger partial charge in [-0.15, -0.1) is 0 Å². The summed E-state index contributed by atoms with van der Waals surface area (Å²) in [6, 6.07) is 9.26. The summed E-state index contributed by atoms with van der Waals surface area (Å²) in [4.78, 5) is 90.1. The maximum absolute atomic E-state index is 13.5. The van der Waals surface area contributed by atoms with Gasteiger partial charge in [-0.25, -0.2) is 4.39 Å². The number of likely N-dealkylation sites (N-methyl/N-ethyl adjacent to an activating group) is 2. The van der Waals surface area contributed by atoms with Gasteiger partial charge in [-0.1, -0.05) is 6.07 Å². The summed E-state index contributed by atoms with van der Waals surface area (Å²) in [6.45, 7) is 5.04. The van der Waals surface area contributed by atoms with Crippen LogP contribution in [0, 0.1) is 39.8 Å². The van der Waals surface area contributed by atoms with Crippen LogP contribution in [-0.4, -0.2) is 220 Å². The van der Waals surface area contributed by atoms with Gasteiger partial charge in [-0.2, -0.15) is 15.8 Å². The monoisotopic (exact) mass is 954 g/mol. The molecule has 6 N–H and O–H groups in total. The van der Waals surface area contributed by atoms with Gasteiger partial charge in [0.05, 0.1) is 60.5 Å². The zero-order valence-corrected chi connectivity index (χ0v) is 39.4. The van der Waals surface area contributed by atoms with E-state index in [1.807, 2.05) is 28.8 Å². The maximum atomic E-state index is 13.5. The highest BCUT2D eigenvalue weighted by molar-refractivity contribution is 6.01. The normalized spacial score (nSPS) is 31.6. The fourth-order valence-electron chi connectivity index (χ4n) is 12.0. The van der Waals surface area contributed by atoms with Crippen LogP contribution in [-0.2, 0) is 28.8 Å². The van der Waals surface area contributed by atoms with Crippen molar-refractivity contribution in [1.82, 2.24) is 39.2 Å². The lowest BCUT2D eigenvalue weighted by atomic mass is 10.2. The highest BCUT2D eigenvalue weighted by atomic mass is 19.1. The summed E-state index contributed by atoms with van der Waals surface area (Å²) in [5, 5.41) is 27.3.